The van der Waals surface area contributed by atoms with Gasteiger partial charge in [-0.25, -0.2) is 13.6 Å². The average molecular weight is 338 g/mol. The van der Waals surface area contributed by atoms with E-state index < -0.39 is 17.7 Å². The van der Waals surface area contributed by atoms with E-state index in [9.17, 15) is 13.6 Å². The topological polar surface area (TPSA) is 32.3 Å². The zero-order valence-corrected chi connectivity index (χ0v) is 13.3. The number of nitrogens with zero attached hydrogens (tertiary/aromatic N) is 1. The SMILES string of the molecule is O=C(Nc1ccc(F)cc1F)N(Cc1ccccc1)c1ccccc1. The van der Waals surface area contributed by atoms with Gasteiger partial charge in [-0.2, -0.15) is 0 Å². The molecule has 0 aromatic heterocycles. The van der Waals surface area contributed by atoms with E-state index in [1.165, 1.54) is 11.0 Å². The van der Waals surface area contributed by atoms with Gasteiger partial charge in [0, 0.05) is 11.8 Å². The van der Waals surface area contributed by atoms with Gasteiger partial charge in [-0.05, 0) is 29.8 Å². The summed E-state index contributed by atoms with van der Waals surface area (Å²) in [6, 6.07) is 21.1. The summed E-state index contributed by atoms with van der Waals surface area (Å²) < 4.78 is 26.9. The predicted octanol–water partition coefficient (Wildman–Crippen LogP) is 5.20. The van der Waals surface area contributed by atoms with Crippen LogP contribution in [0.25, 0.3) is 0 Å². The lowest BCUT2D eigenvalue weighted by Crippen LogP contribution is -2.34. The van der Waals surface area contributed by atoms with Crippen LogP contribution in [-0.4, -0.2) is 6.03 Å². The van der Waals surface area contributed by atoms with Gasteiger partial charge in [-0.3, -0.25) is 4.90 Å². The number of halogens is 2. The number of anilines is 2. The molecule has 0 heterocycles. The summed E-state index contributed by atoms with van der Waals surface area (Å²) in [5.41, 5.74) is 1.54. The number of urea groups is 1. The lowest BCUT2D eigenvalue weighted by molar-refractivity contribution is 0.256. The molecular weight excluding hydrogens is 322 g/mol. The Morgan fingerprint density at radius 2 is 1.52 bits per heavy atom. The minimum atomic E-state index is -0.818. The van der Waals surface area contributed by atoms with Crippen molar-refractivity contribution in [1.82, 2.24) is 0 Å². The maximum absolute atomic E-state index is 13.8. The van der Waals surface area contributed by atoms with Gasteiger partial charge in [-0.15, -0.1) is 0 Å². The Labute approximate surface area is 144 Å². The molecule has 0 saturated heterocycles. The first-order valence-corrected chi connectivity index (χ1v) is 7.76. The first-order valence-electron chi connectivity index (χ1n) is 7.76. The van der Waals surface area contributed by atoms with E-state index in [-0.39, 0.29) is 5.69 Å². The van der Waals surface area contributed by atoms with E-state index >= 15 is 0 Å². The van der Waals surface area contributed by atoms with Gasteiger partial charge < -0.3 is 5.32 Å². The number of hydrogen-bond donors (Lipinski definition) is 1. The second-order valence-electron chi connectivity index (χ2n) is 5.46. The van der Waals surface area contributed by atoms with Gasteiger partial charge in [0.2, 0.25) is 0 Å². The third-order valence-corrected chi connectivity index (χ3v) is 3.67. The van der Waals surface area contributed by atoms with Gasteiger partial charge in [0.15, 0.2) is 0 Å². The molecular formula is C20H16F2N2O. The zero-order chi connectivity index (χ0) is 17.6. The van der Waals surface area contributed by atoms with Crippen LogP contribution in [0.15, 0.2) is 78.9 Å². The molecule has 2 amide bonds. The molecule has 3 aromatic carbocycles. The second kappa shape index (κ2) is 7.57. The molecule has 0 fully saturated rings. The van der Waals surface area contributed by atoms with Crippen LogP contribution in [0, 0.1) is 11.6 Å². The molecule has 0 unspecified atom stereocenters. The highest BCUT2D eigenvalue weighted by Gasteiger charge is 2.18. The van der Waals surface area contributed by atoms with Crippen molar-refractivity contribution in [2.45, 2.75) is 6.54 Å². The Kier molecular flexibility index (Phi) is 5.04. The first kappa shape index (κ1) is 16.6. The summed E-state index contributed by atoms with van der Waals surface area (Å²) in [6.07, 6.45) is 0. The van der Waals surface area contributed by atoms with Crippen molar-refractivity contribution in [2.75, 3.05) is 10.2 Å². The third kappa shape index (κ3) is 4.20. The van der Waals surface area contributed by atoms with Crippen LogP contribution in [0.1, 0.15) is 5.56 Å². The van der Waals surface area contributed by atoms with Gasteiger partial charge in [0.25, 0.3) is 0 Å². The maximum atomic E-state index is 13.8. The fourth-order valence-corrected chi connectivity index (χ4v) is 2.43. The molecule has 0 saturated carbocycles. The van der Waals surface area contributed by atoms with E-state index in [0.717, 1.165) is 17.7 Å². The van der Waals surface area contributed by atoms with Crippen LogP contribution < -0.4 is 10.2 Å². The number of hydrogen-bond acceptors (Lipinski definition) is 1. The molecule has 1 N–H and O–H groups in total. The number of carbonyl (C=O) groups excluding carboxylic acids is 1. The summed E-state index contributed by atoms with van der Waals surface area (Å²) in [5, 5.41) is 2.50. The third-order valence-electron chi connectivity index (χ3n) is 3.67. The van der Waals surface area contributed by atoms with Crippen LogP contribution in [0.4, 0.5) is 25.0 Å². The van der Waals surface area contributed by atoms with Crippen molar-refractivity contribution in [3.8, 4) is 0 Å². The lowest BCUT2D eigenvalue weighted by atomic mass is 10.2. The molecule has 0 aliphatic rings. The summed E-state index contributed by atoms with van der Waals surface area (Å²) in [4.78, 5) is 14.2. The summed E-state index contributed by atoms with van der Waals surface area (Å²) in [7, 11) is 0. The van der Waals surface area contributed by atoms with Gasteiger partial charge in [0.05, 0.1) is 12.2 Å². The largest absolute Gasteiger partial charge is 0.326 e. The van der Waals surface area contributed by atoms with E-state index in [1.54, 1.807) is 12.1 Å². The molecule has 5 heteroatoms. The predicted molar refractivity (Wildman–Crippen MR) is 94.4 cm³/mol. The number of carbonyl (C=O) groups is 1. The average Bonchev–Trinajstić information content (AvgIpc) is 2.63. The summed E-state index contributed by atoms with van der Waals surface area (Å²) in [6.45, 7) is 0.319. The van der Waals surface area contributed by atoms with E-state index in [1.807, 2.05) is 48.5 Å². The molecule has 0 bridgehead atoms. The van der Waals surface area contributed by atoms with Crippen molar-refractivity contribution in [2.24, 2.45) is 0 Å². The smallest absolute Gasteiger partial charge is 0.305 e. The van der Waals surface area contributed by atoms with Crippen LogP contribution >= 0.6 is 0 Å². The first-order chi connectivity index (χ1) is 12.1. The van der Waals surface area contributed by atoms with E-state index in [2.05, 4.69) is 5.32 Å². The highest BCUT2D eigenvalue weighted by molar-refractivity contribution is 6.01. The number of rotatable bonds is 4. The summed E-state index contributed by atoms with van der Waals surface area (Å²) in [5.74, 6) is -1.51. The lowest BCUT2D eigenvalue weighted by Gasteiger charge is -2.23. The normalized spacial score (nSPS) is 10.3. The van der Waals surface area contributed by atoms with Crippen molar-refractivity contribution in [3.05, 3.63) is 96.1 Å². The zero-order valence-electron chi connectivity index (χ0n) is 13.3. The molecule has 0 aliphatic heterocycles. The Morgan fingerprint density at radius 3 is 2.16 bits per heavy atom. The van der Waals surface area contributed by atoms with Crippen molar-refractivity contribution >= 4 is 17.4 Å². The minimum absolute atomic E-state index is 0.0691. The Hall–Kier alpha value is -3.21. The standard InChI is InChI=1S/C20H16F2N2O/c21-16-11-12-19(18(22)13-16)23-20(25)24(17-9-5-2-6-10-17)14-15-7-3-1-4-8-15/h1-13H,14H2,(H,23,25). The van der Waals surface area contributed by atoms with Crippen LogP contribution in [0.3, 0.4) is 0 Å². The monoisotopic (exact) mass is 338 g/mol. The molecule has 0 aliphatic carbocycles. The maximum Gasteiger partial charge on any atom is 0.326 e. The molecule has 3 aromatic rings. The number of para-hydroxylation sites is 1. The van der Waals surface area contributed by atoms with Gasteiger partial charge in [-0.1, -0.05) is 48.5 Å². The van der Waals surface area contributed by atoms with Crippen LogP contribution in [-0.2, 0) is 6.54 Å². The summed E-state index contributed by atoms with van der Waals surface area (Å²) >= 11 is 0. The fourth-order valence-electron chi connectivity index (χ4n) is 2.43. The van der Waals surface area contributed by atoms with E-state index in [4.69, 9.17) is 0 Å². The molecule has 0 radical (unpaired) electrons. The van der Waals surface area contributed by atoms with Gasteiger partial charge in [0.1, 0.15) is 11.6 Å². The molecule has 25 heavy (non-hydrogen) atoms. The molecule has 126 valence electrons. The Bertz CT molecular complexity index is 854. The molecule has 0 spiro atoms. The minimum Gasteiger partial charge on any atom is -0.305 e. The Morgan fingerprint density at radius 1 is 0.880 bits per heavy atom. The number of amides is 2. The second-order valence-corrected chi connectivity index (χ2v) is 5.46. The fraction of sp³-hybridized carbons (Fsp3) is 0.0500. The van der Waals surface area contributed by atoms with Crippen molar-refractivity contribution in [1.29, 1.82) is 0 Å². The number of nitrogens with one attached hydrogen (secondary N) is 1. The van der Waals surface area contributed by atoms with Gasteiger partial charge >= 0.3 is 6.03 Å². The quantitative estimate of drug-likeness (QED) is 0.696. The molecule has 0 atom stereocenters. The van der Waals surface area contributed by atoms with Crippen LogP contribution in [0.2, 0.25) is 0 Å². The van der Waals surface area contributed by atoms with Crippen molar-refractivity contribution in [3.63, 3.8) is 0 Å². The Balaban J connectivity index is 1.87. The highest BCUT2D eigenvalue weighted by atomic mass is 19.1. The highest BCUT2D eigenvalue weighted by Crippen LogP contribution is 2.20. The van der Waals surface area contributed by atoms with E-state index in [0.29, 0.717) is 12.2 Å². The van der Waals surface area contributed by atoms with Crippen LogP contribution in [0.5, 0.6) is 0 Å². The molecule has 3 nitrogen and oxygen atoms in total. The molecule has 3 rings (SSSR count). The van der Waals surface area contributed by atoms with Crippen molar-refractivity contribution < 1.29 is 13.6 Å². The number of benzene rings is 3.